The lowest BCUT2D eigenvalue weighted by Crippen LogP contribution is -2.16. The second kappa shape index (κ2) is 10.2. The molecule has 1 saturated carbocycles. The van der Waals surface area contributed by atoms with Crippen molar-refractivity contribution in [2.24, 2.45) is 0 Å². The highest BCUT2D eigenvalue weighted by molar-refractivity contribution is 8.00. The van der Waals surface area contributed by atoms with Crippen LogP contribution in [0.3, 0.4) is 0 Å². The number of rotatable bonds is 7. The quantitative estimate of drug-likeness (QED) is 0.283. The Morgan fingerprint density at radius 2 is 1.89 bits per heavy atom. The maximum Gasteiger partial charge on any atom is 0.344 e. The molecule has 0 aliphatic heterocycles. The monoisotopic (exact) mass is 417 g/mol. The second-order valence-electron chi connectivity index (χ2n) is 6.95. The number of methoxy groups -OCH3 is 1. The molecule has 0 amide bonds. The number of benzene rings is 1. The summed E-state index contributed by atoms with van der Waals surface area (Å²) in [5, 5.41) is 5.22. The van der Waals surface area contributed by atoms with E-state index in [4.69, 9.17) is 4.74 Å². The molecule has 1 fully saturated rings. The van der Waals surface area contributed by atoms with Crippen LogP contribution < -0.4 is 5.32 Å². The van der Waals surface area contributed by atoms with Gasteiger partial charge in [0.1, 0.15) is 16.4 Å². The molecule has 1 aliphatic carbocycles. The largest absolute Gasteiger partial charge is 0.465 e. The molecule has 0 unspecified atom stereocenters. The number of hydrogen-bond donors (Lipinski definition) is 1. The number of thioether (sulfide) groups is 2. The highest BCUT2D eigenvalue weighted by Gasteiger charge is 2.25. The van der Waals surface area contributed by atoms with Crippen LogP contribution in [0, 0.1) is 6.92 Å². The molecule has 28 heavy (non-hydrogen) atoms. The normalized spacial score (nSPS) is 14.7. The maximum absolute atomic E-state index is 12.6. The molecular formula is C21H27N3O2S2. The molecule has 1 aromatic heterocycles. The predicted octanol–water partition coefficient (Wildman–Crippen LogP) is 5.33. The number of aryl methyl sites for hydroxylation is 1. The van der Waals surface area contributed by atoms with Crippen LogP contribution >= 0.6 is 23.5 Å². The van der Waals surface area contributed by atoms with Crippen LogP contribution in [0.4, 0.5) is 5.82 Å². The zero-order valence-electron chi connectivity index (χ0n) is 16.7. The molecule has 0 spiro atoms. The van der Waals surface area contributed by atoms with Gasteiger partial charge in [0.2, 0.25) is 0 Å². The molecule has 1 N–H and O–H groups in total. The first-order valence-corrected chi connectivity index (χ1v) is 11.7. The van der Waals surface area contributed by atoms with Crippen LogP contribution in [-0.2, 0) is 11.3 Å². The number of ether oxygens (including phenoxy) is 1. The molecule has 1 heterocycles. The van der Waals surface area contributed by atoms with Gasteiger partial charge in [0, 0.05) is 11.8 Å². The van der Waals surface area contributed by atoms with Gasteiger partial charge in [0.25, 0.3) is 0 Å². The number of hydrogen-bond acceptors (Lipinski definition) is 7. The van der Waals surface area contributed by atoms with Gasteiger partial charge in [-0.05, 0) is 31.6 Å². The second-order valence-corrected chi connectivity index (χ2v) is 9.01. The number of carbonyl (C=O) groups is 1. The predicted molar refractivity (Wildman–Crippen MR) is 116 cm³/mol. The van der Waals surface area contributed by atoms with Crippen LogP contribution in [0.5, 0.6) is 0 Å². The Balaban J connectivity index is 1.90. The van der Waals surface area contributed by atoms with Gasteiger partial charge in [-0.3, -0.25) is 0 Å². The lowest BCUT2D eigenvalue weighted by Gasteiger charge is -2.22. The maximum atomic E-state index is 12.6. The fourth-order valence-electron chi connectivity index (χ4n) is 3.24. The van der Waals surface area contributed by atoms with Crippen molar-refractivity contribution in [3.8, 4) is 0 Å². The third-order valence-corrected chi connectivity index (χ3v) is 6.71. The van der Waals surface area contributed by atoms with Crippen molar-refractivity contribution in [1.29, 1.82) is 0 Å². The minimum absolute atomic E-state index is 0.391. The summed E-state index contributed by atoms with van der Waals surface area (Å²) in [4.78, 5) is 21.8. The average Bonchev–Trinajstić information content (AvgIpc) is 2.73. The van der Waals surface area contributed by atoms with Gasteiger partial charge in [0.15, 0.2) is 5.16 Å². The fraction of sp³-hybridized carbons (Fsp3) is 0.476. The number of nitrogens with zero attached hydrogens (tertiary/aromatic N) is 2. The summed E-state index contributed by atoms with van der Waals surface area (Å²) in [7, 11) is 1.41. The Labute approximate surface area is 175 Å². The third-order valence-electron chi connectivity index (χ3n) is 4.84. The molecule has 5 nitrogen and oxygen atoms in total. The molecular weight excluding hydrogens is 390 g/mol. The summed E-state index contributed by atoms with van der Waals surface area (Å²) < 4.78 is 5.07. The average molecular weight is 418 g/mol. The summed E-state index contributed by atoms with van der Waals surface area (Å²) in [5.74, 6) is 0.155. The lowest BCUT2D eigenvalue weighted by atomic mass is 10.0. The number of nitrogens with one attached hydrogen (secondary N) is 1. The fourth-order valence-corrected chi connectivity index (χ4v) is 4.99. The van der Waals surface area contributed by atoms with E-state index in [9.17, 15) is 4.79 Å². The zero-order valence-corrected chi connectivity index (χ0v) is 18.3. The molecule has 0 atom stereocenters. The summed E-state index contributed by atoms with van der Waals surface area (Å²) >= 11 is 3.18. The first-order chi connectivity index (χ1) is 13.6. The van der Waals surface area contributed by atoms with Gasteiger partial charge in [-0.25, -0.2) is 14.8 Å². The number of aromatic nitrogens is 2. The Morgan fingerprint density at radius 3 is 2.54 bits per heavy atom. The van der Waals surface area contributed by atoms with Gasteiger partial charge in [-0.1, -0.05) is 60.9 Å². The molecule has 3 rings (SSSR count). The third kappa shape index (κ3) is 5.41. The Hall–Kier alpha value is -1.73. The van der Waals surface area contributed by atoms with E-state index in [0.717, 1.165) is 23.4 Å². The van der Waals surface area contributed by atoms with Crippen molar-refractivity contribution in [3.63, 3.8) is 0 Å². The number of anilines is 1. The Bertz CT molecular complexity index is 806. The molecule has 2 aromatic rings. The van der Waals surface area contributed by atoms with Gasteiger partial charge in [-0.15, -0.1) is 11.8 Å². The summed E-state index contributed by atoms with van der Waals surface area (Å²) in [6.07, 6.45) is 8.05. The van der Waals surface area contributed by atoms with Gasteiger partial charge in [0.05, 0.1) is 7.11 Å². The van der Waals surface area contributed by atoms with Crippen molar-refractivity contribution in [2.75, 3.05) is 18.7 Å². The van der Waals surface area contributed by atoms with E-state index in [0.29, 0.717) is 28.3 Å². The lowest BCUT2D eigenvalue weighted by molar-refractivity contribution is 0.0596. The van der Waals surface area contributed by atoms with Crippen LogP contribution in [-0.4, -0.2) is 34.6 Å². The Morgan fingerprint density at radius 1 is 1.18 bits per heavy atom. The van der Waals surface area contributed by atoms with Crippen LogP contribution in [0.2, 0.25) is 0 Å². The van der Waals surface area contributed by atoms with Crippen molar-refractivity contribution < 1.29 is 9.53 Å². The van der Waals surface area contributed by atoms with E-state index in [1.165, 1.54) is 43.7 Å². The van der Waals surface area contributed by atoms with E-state index in [1.54, 1.807) is 11.8 Å². The van der Waals surface area contributed by atoms with E-state index >= 15 is 0 Å². The van der Waals surface area contributed by atoms with Crippen molar-refractivity contribution in [3.05, 3.63) is 41.0 Å². The smallest absolute Gasteiger partial charge is 0.344 e. The van der Waals surface area contributed by atoms with E-state index in [2.05, 4.69) is 46.5 Å². The topological polar surface area (TPSA) is 64.1 Å². The van der Waals surface area contributed by atoms with Gasteiger partial charge < -0.3 is 10.1 Å². The van der Waals surface area contributed by atoms with Crippen LogP contribution in [0.25, 0.3) is 0 Å². The van der Waals surface area contributed by atoms with E-state index in [-0.39, 0.29) is 0 Å². The number of esters is 1. The van der Waals surface area contributed by atoms with E-state index in [1.807, 2.05) is 6.26 Å². The molecule has 150 valence electrons. The molecule has 0 saturated heterocycles. The molecule has 1 aromatic carbocycles. The first-order valence-electron chi connectivity index (χ1n) is 9.61. The van der Waals surface area contributed by atoms with Crippen LogP contribution in [0.15, 0.2) is 34.4 Å². The Kier molecular flexibility index (Phi) is 7.62. The zero-order chi connectivity index (χ0) is 19.9. The highest BCUT2D eigenvalue weighted by Crippen LogP contribution is 2.37. The summed E-state index contributed by atoms with van der Waals surface area (Å²) in [5.41, 5.74) is 2.80. The molecule has 7 heteroatoms. The standard InChI is InChI=1S/C21H27N3O2S2/c1-14-9-11-15(12-10-14)13-22-18-17(20(25)26-2)19(24-21(23-18)27-3)28-16-7-5-4-6-8-16/h9-12,16H,4-8,13H2,1-3H3,(H,22,23,24). The van der Waals surface area contributed by atoms with Crippen LogP contribution in [0.1, 0.15) is 53.6 Å². The van der Waals surface area contributed by atoms with Gasteiger partial charge in [-0.2, -0.15) is 0 Å². The number of carbonyl (C=O) groups excluding carboxylic acids is 1. The summed E-state index contributed by atoms with van der Waals surface area (Å²) in [6, 6.07) is 8.31. The molecule has 0 radical (unpaired) electrons. The minimum atomic E-state index is -0.391. The molecule has 0 bridgehead atoms. The minimum Gasteiger partial charge on any atom is -0.465 e. The summed E-state index contributed by atoms with van der Waals surface area (Å²) in [6.45, 7) is 2.65. The van der Waals surface area contributed by atoms with Gasteiger partial charge >= 0.3 is 5.97 Å². The van der Waals surface area contributed by atoms with Crippen molar-refractivity contribution >= 4 is 35.3 Å². The SMILES string of the molecule is COC(=O)c1c(NCc2ccc(C)cc2)nc(SC)nc1SC1CCCCC1. The van der Waals surface area contributed by atoms with Crippen molar-refractivity contribution in [1.82, 2.24) is 9.97 Å². The molecule has 1 aliphatic rings. The van der Waals surface area contributed by atoms with Crippen molar-refractivity contribution in [2.45, 2.75) is 61.0 Å². The first kappa shape index (κ1) is 21.0. The van der Waals surface area contributed by atoms with E-state index < -0.39 is 5.97 Å². The highest BCUT2D eigenvalue weighted by atomic mass is 32.2.